The third kappa shape index (κ3) is 3.43. The summed E-state index contributed by atoms with van der Waals surface area (Å²) in [6.45, 7) is 3.04. The first-order chi connectivity index (χ1) is 9.43. The molecule has 7 nitrogen and oxygen atoms in total. The molecule has 0 saturated carbocycles. The van der Waals surface area contributed by atoms with Gasteiger partial charge in [-0.2, -0.15) is 0 Å². The van der Waals surface area contributed by atoms with Crippen molar-refractivity contribution in [1.29, 1.82) is 0 Å². The molecule has 1 saturated heterocycles. The van der Waals surface area contributed by atoms with Crippen LogP contribution in [0.2, 0.25) is 0 Å². The van der Waals surface area contributed by atoms with Crippen molar-refractivity contribution in [2.45, 2.75) is 19.4 Å². The van der Waals surface area contributed by atoms with Crippen LogP contribution in [0.3, 0.4) is 0 Å². The zero-order valence-electron chi connectivity index (χ0n) is 11.7. The number of rotatable bonds is 3. The first-order valence-electron chi connectivity index (χ1n) is 6.49. The average Bonchev–Trinajstić information content (AvgIpc) is 2.79. The molecule has 8 heteroatoms. The first kappa shape index (κ1) is 17.2. The van der Waals surface area contributed by atoms with E-state index in [1.807, 2.05) is 6.92 Å². The second-order valence-corrected chi connectivity index (χ2v) is 5.17. The molecule has 1 amide bonds. The minimum atomic E-state index is -0.535. The summed E-state index contributed by atoms with van der Waals surface area (Å²) in [6, 6.07) is 3.99. The largest absolute Gasteiger partial charge is 0.398 e. The van der Waals surface area contributed by atoms with Crippen LogP contribution in [0, 0.1) is 16.0 Å². The molecule has 2 rings (SSSR count). The number of halogens is 1. The highest BCUT2D eigenvalue weighted by Crippen LogP contribution is 2.27. The van der Waals surface area contributed by atoms with Crippen molar-refractivity contribution in [1.82, 2.24) is 4.90 Å². The summed E-state index contributed by atoms with van der Waals surface area (Å²) >= 11 is 0. The number of non-ortho nitro benzene ring substituents is 1. The second-order valence-electron chi connectivity index (χ2n) is 5.17. The Hall–Kier alpha value is -1.86. The van der Waals surface area contributed by atoms with Gasteiger partial charge in [0, 0.05) is 30.4 Å². The zero-order chi connectivity index (χ0) is 14.9. The number of benzene rings is 1. The summed E-state index contributed by atoms with van der Waals surface area (Å²) in [4.78, 5) is 24.4. The minimum Gasteiger partial charge on any atom is -0.398 e. The lowest BCUT2D eigenvalue weighted by Gasteiger charge is -2.22. The molecule has 116 valence electrons. The Morgan fingerprint density at radius 1 is 1.52 bits per heavy atom. The Kier molecular flexibility index (Phi) is 5.51. The molecule has 1 heterocycles. The van der Waals surface area contributed by atoms with Crippen molar-refractivity contribution < 1.29 is 9.72 Å². The van der Waals surface area contributed by atoms with E-state index < -0.39 is 4.92 Å². The molecule has 0 bridgehead atoms. The summed E-state index contributed by atoms with van der Waals surface area (Å²) < 4.78 is 0. The Bertz CT molecular complexity index is 552. The number of nitrogens with zero attached hydrogens (tertiary/aromatic N) is 2. The van der Waals surface area contributed by atoms with Gasteiger partial charge in [-0.05, 0) is 31.9 Å². The van der Waals surface area contributed by atoms with Crippen molar-refractivity contribution in [2.24, 2.45) is 11.7 Å². The minimum absolute atomic E-state index is 0. The maximum atomic E-state index is 12.5. The van der Waals surface area contributed by atoms with E-state index in [4.69, 9.17) is 11.5 Å². The first-order valence-corrected chi connectivity index (χ1v) is 6.49. The Morgan fingerprint density at radius 3 is 2.71 bits per heavy atom. The highest BCUT2D eigenvalue weighted by Gasteiger charge is 2.33. The van der Waals surface area contributed by atoms with Crippen LogP contribution in [0.25, 0.3) is 0 Å². The fourth-order valence-corrected chi connectivity index (χ4v) is 2.59. The number of anilines is 1. The van der Waals surface area contributed by atoms with Crippen LogP contribution in [-0.4, -0.2) is 34.9 Å². The monoisotopic (exact) mass is 314 g/mol. The number of nitrogens with two attached hydrogens (primary N) is 2. The predicted octanol–water partition coefficient (Wildman–Crippen LogP) is 1.41. The molecule has 1 aromatic carbocycles. The number of hydrogen-bond donors (Lipinski definition) is 2. The molecule has 1 aromatic rings. The van der Waals surface area contributed by atoms with Crippen molar-refractivity contribution in [3.8, 4) is 0 Å². The maximum absolute atomic E-state index is 12.5. The van der Waals surface area contributed by atoms with E-state index in [0.717, 1.165) is 6.42 Å². The van der Waals surface area contributed by atoms with E-state index in [-0.39, 0.29) is 47.2 Å². The lowest BCUT2D eigenvalue weighted by atomic mass is 10.1. The van der Waals surface area contributed by atoms with Gasteiger partial charge in [0.05, 0.1) is 10.5 Å². The van der Waals surface area contributed by atoms with Gasteiger partial charge in [0.1, 0.15) is 0 Å². The molecule has 0 aliphatic carbocycles. The van der Waals surface area contributed by atoms with Gasteiger partial charge in [0.15, 0.2) is 0 Å². The molecule has 0 aromatic heterocycles. The lowest BCUT2D eigenvalue weighted by molar-refractivity contribution is -0.384. The van der Waals surface area contributed by atoms with Gasteiger partial charge in [-0.3, -0.25) is 14.9 Å². The quantitative estimate of drug-likeness (QED) is 0.497. The van der Waals surface area contributed by atoms with E-state index in [1.165, 1.54) is 18.2 Å². The Balaban J connectivity index is 0.00000220. The van der Waals surface area contributed by atoms with Crippen LogP contribution < -0.4 is 11.5 Å². The predicted molar refractivity (Wildman–Crippen MR) is 82.4 cm³/mol. The maximum Gasteiger partial charge on any atom is 0.270 e. The normalized spacial score (nSPS) is 21.0. The van der Waals surface area contributed by atoms with Crippen molar-refractivity contribution >= 4 is 29.7 Å². The number of nitro groups is 1. The third-order valence-corrected chi connectivity index (χ3v) is 3.73. The van der Waals surface area contributed by atoms with Crippen molar-refractivity contribution in [2.75, 3.05) is 18.8 Å². The highest BCUT2D eigenvalue weighted by molar-refractivity contribution is 6.00. The number of nitro benzene ring substituents is 1. The number of nitrogen functional groups attached to an aromatic ring is 1. The van der Waals surface area contributed by atoms with Crippen LogP contribution in [0.5, 0.6) is 0 Å². The molecule has 1 aliphatic rings. The van der Waals surface area contributed by atoms with Crippen LogP contribution in [0.15, 0.2) is 18.2 Å². The van der Waals surface area contributed by atoms with E-state index >= 15 is 0 Å². The Morgan fingerprint density at radius 2 is 2.19 bits per heavy atom. The van der Waals surface area contributed by atoms with Gasteiger partial charge in [-0.15, -0.1) is 12.4 Å². The zero-order valence-corrected chi connectivity index (χ0v) is 12.5. The molecule has 4 N–H and O–H groups in total. The smallest absolute Gasteiger partial charge is 0.270 e. The van der Waals surface area contributed by atoms with Crippen LogP contribution >= 0.6 is 12.4 Å². The standard InChI is InChI=1S/C13H18N4O3.ClH/c1-8-4-9(6-14)7-16(8)13(18)11-5-10(17(19)20)2-3-12(11)15;/h2-3,5,8-9H,4,6-7,14-15H2,1H3;1H. The van der Waals surface area contributed by atoms with E-state index in [0.29, 0.717) is 13.1 Å². The molecular weight excluding hydrogens is 296 g/mol. The van der Waals surface area contributed by atoms with Crippen molar-refractivity contribution in [3.63, 3.8) is 0 Å². The molecule has 0 radical (unpaired) electrons. The number of hydrogen-bond acceptors (Lipinski definition) is 5. The third-order valence-electron chi connectivity index (χ3n) is 3.73. The molecule has 2 atom stereocenters. The van der Waals surface area contributed by atoms with E-state index in [9.17, 15) is 14.9 Å². The number of likely N-dealkylation sites (tertiary alicyclic amines) is 1. The fraction of sp³-hybridized carbons (Fsp3) is 0.462. The van der Waals surface area contributed by atoms with Gasteiger partial charge in [-0.1, -0.05) is 0 Å². The highest BCUT2D eigenvalue weighted by atomic mass is 35.5. The van der Waals surface area contributed by atoms with Gasteiger partial charge in [-0.25, -0.2) is 0 Å². The van der Waals surface area contributed by atoms with Gasteiger partial charge < -0.3 is 16.4 Å². The molecule has 21 heavy (non-hydrogen) atoms. The summed E-state index contributed by atoms with van der Waals surface area (Å²) in [6.07, 6.45) is 0.844. The second kappa shape index (κ2) is 6.73. The summed E-state index contributed by atoms with van der Waals surface area (Å²) in [5, 5.41) is 10.8. The SMILES string of the molecule is CC1CC(CN)CN1C(=O)c1cc([N+](=O)[O-])ccc1N.Cl. The summed E-state index contributed by atoms with van der Waals surface area (Å²) in [7, 11) is 0. The Labute approximate surface area is 128 Å². The van der Waals surface area contributed by atoms with E-state index in [2.05, 4.69) is 0 Å². The van der Waals surface area contributed by atoms with Crippen molar-refractivity contribution in [3.05, 3.63) is 33.9 Å². The topological polar surface area (TPSA) is 115 Å². The lowest BCUT2D eigenvalue weighted by Crippen LogP contribution is -2.34. The summed E-state index contributed by atoms with van der Waals surface area (Å²) in [5.74, 6) is 0.00326. The number of amides is 1. The van der Waals surface area contributed by atoms with E-state index in [1.54, 1.807) is 4.90 Å². The van der Waals surface area contributed by atoms with Crippen LogP contribution in [0.1, 0.15) is 23.7 Å². The fourth-order valence-electron chi connectivity index (χ4n) is 2.59. The molecule has 0 spiro atoms. The summed E-state index contributed by atoms with van der Waals surface area (Å²) in [5.41, 5.74) is 11.7. The number of carbonyl (C=O) groups is 1. The molecule has 1 fully saturated rings. The van der Waals surface area contributed by atoms with Gasteiger partial charge >= 0.3 is 0 Å². The van der Waals surface area contributed by atoms with Crippen LogP contribution in [-0.2, 0) is 0 Å². The molecule has 2 unspecified atom stereocenters. The molecule has 1 aliphatic heterocycles. The number of carbonyl (C=O) groups excluding carboxylic acids is 1. The average molecular weight is 315 g/mol. The van der Waals surface area contributed by atoms with Gasteiger partial charge in [0.25, 0.3) is 11.6 Å². The van der Waals surface area contributed by atoms with Gasteiger partial charge in [0.2, 0.25) is 0 Å². The van der Waals surface area contributed by atoms with Crippen LogP contribution in [0.4, 0.5) is 11.4 Å². The molecular formula is C13H19ClN4O3.